The minimum Gasteiger partial charge on any atom is -0.481 e. The molecule has 0 saturated heterocycles. The fourth-order valence-corrected chi connectivity index (χ4v) is 3.83. The van der Waals surface area contributed by atoms with Crippen LogP contribution in [0.1, 0.15) is 149 Å². The monoisotopic (exact) mass is 444 g/mol. The Balaban J connectivity index is 0. The molecule has 4 nitrogen and oxygen atoms in total. The number of hydrogen-bond donors (Lipinski definition) is 3. The summed E-state index contributed by atoms with van der Waals surface area (Å²) >= 11 is 0. The van der Waals surface area contributed by atoms with Gasteiger partial charge in [0.2, 0.25) is 0 Å². The number of aliphatic hydroxyl groups excluding tert-OH is 2. The number of rotatable bonds is 22. The molecule has 2 unspecified atom stereocenters. The topological polar surface area (TPSA) is 77.8 Å². The molecule has 0 aliphatic rings. The molecule has 3 N–H and O–H groups in total. The Bertz CT molecular complexity index is 336. The van der Waals surface area contributed by atoms with Gasteiger partial charge in [-0.15, -0.1) is 0 Å². The molecule has 0 rings (SSSR count). The lowest BCUT2D eigenvalue weighted by atomic mass is 9.95. The number of carbonyl (C=O) groups is 1. The van der Waals surface area contributed by atoms with Gasteiger partial charge >= 0.3 is 5.97 Å². The van der Waals surface area contributed by atoms with E-state index in [1.165, 1.54) is 103 Å². The van der Waals surface area contributed by atoms with Crippen LogP contribution in [0.3, 0.4) is 0 Å². The van der Waals surface area contributed by atoms with Crippen molar-refractivity contribution in [2.75, 3.05) is 6.61 Å². The first-order valence-electron chi connectivity index (χ1n) is 13.5. The Morgan fingerprint density at radius 1 is 0.613 bits per heavy atom. The van der Waals surface area contributed by atoms with Crippen molar-refractivity contribution >= 4 is 5.97 Å². The summed E-state index contributed by atoms with van der Waals surface area (Å²) in [4.78, 5) is 11.0. The number of carboxylic acids is 1. The van der Waals surface area contributed by atoms with Gasteiger partial charge in [0, 0.05) is 0 Å². The summed E-state index contributed by atoms with van der Waals surface area (Å²) in [6.07, 6.45) is 23.8. The minimum absolute atomic E-state index is 0.155. The van der Waals surface area contributed by atoms with Crippen LogP contribution in [0.2, 0.25) is 0 Å². The summed E-state index contributed by atoms with van der Waals surface area (Å²) in [6, 6.07) is 0. The van der Waals surface area contributed by atoms with E-state index in [9.17, 15) is 9.90 Å². The van der Waals surface area contributed by atoms with Crippen molar-refractivity contribution in [2.24, 2.45) is 5.92 Å². The highest BCUT2D eigenvalue weighted by Gasteiger charge is 2.20. The zero-order chi connectivity index (χ0) is 23.6. The predicted octanol–water partition coefficient (Wildman–Crippen LogP) is 7.89. The molecule has 188 valence electrons. The highest BCUT2D eigenvalue weighted by Crippen LogP contribution is 2.17. The maximum absolute atomic E-state index is 11.0. The molecular formula is C27H56O4. The summed E-state index contributed by atoms with van der Waals surface area (Å²) in [7, 11) is 0. The summed E-state index contributed by atoms with van der Waals surface area (Å²) in [5.74, 6) is -1.39. The molecular weight excluding hydrogens is 388 g/mol. The van der Waals surface area contributed by atoms with Gasteiger partial charge in [-0.1, -0.05) is 136 Å². The van der Waals surface area contributed by atoms with Crippen LogP contribution in [0, 0.1) is 5.92 Å². The van der Waals surface area contributed by atoms with E-state index in [0.29, 0.717) is 6.42 Å². The zero-order valence-electron chi connectivity index (χ0n) is 21.3. The average molecular weight is 445 g/mol. The van der Waals surface area contributed by atoms with Crippen LogP contribution in [0.5, 0.6) is 0 Å². The van der Waals surface area contributed by atoms with E-state index in [1.807, 2.05) is 0 Å². The Hall–Kier alpha value is -0.610. The molecule has 2 atom stereocenters. The van der Waals surface area contributed by atoms with Gasteiger partial charge in [0.1, 0.15) is 0 Å². The Kier molecular flexibility index (Phi) is 28.8. The van der Waals surface area contributed by atoms with E-state index in [-0.39, 0.29) is 13.0 Å². The van der Waals surface area contributed by atoms with Crippen molar-refractivity contribution < 1.29 is 20.1 Å². The van der Waals surface area contributed by atoms with Crippen LogP contribution in [-0.2, 0) is 4.79 Å². The summed E-state index contributed by atoms with van der Waals surface area (Å²) in [6.45, 7) is 6.40. The van der Waals surface area contributed by atoms with Crippen molar-refractivity contribution in [2.45, 2.75) is 155 Å². The molecule has 0 aliphatic carbocycles. The second kappa shape index (κ2) is 27.4. The highest BCUT2D eigenvalue weighted by atomic mass is 16.4. The number of aliphatic carboxylic acids is 1. The first-order valence-corrected chi connectivity index (χ1v) is 13.5. The highest BCUT2D eigenvalue weighted by molar-refractivity contribution is 5.69. The average Bonchev–Trinajstić information content (AvgIpc) is 2.76. The lowest BCUT2D eigenvalue weighted by Crippen LogP contribution is -2.23. The van der Waals surface area contributed by atoms with E-state index >= 15 is 0 Å². The van der Waals surface area contributed by atoms with Crippen molar-refractivity contribution in [1.29, 1.82) is 0 Å². The van der Waals surface area contributed by atoms with E-state index in [4.69, 9.17) is 10.2 Å². The molecule has 0 radical (unpaired) electrons. The number of aliphatic hydroxyl groups is 2. The molecule has 0 aromatic heterocycles. The second-order valence-electron chi connectivity index (χ2n) is 9.20. The van der Waals surface area contributed by atoms with E-state index < -0.39 is 18.0 Å². The van der Waals surface area contributed by atoms with Gasteiger partial charge in [-0.05, 0) is 12.8 Å². The van der Waals surface area contributed by atoms with Crippen molar-refractivity contribution in [3.8, 4) is 0 Å². The zero-order valence-corrected chi connectivity index (χ0v) is 21.3. The van der Waals surface area contributed by atoms with Crippen LogP contribution in [0.4, 0.5) is 0 Å². The normalized spacial score (nSPS) is 12.8. The molecule has 0 fully saturated rings. The van der Waals surface area contributed by atoms with Gasteiger partial charge < -0.3 is 15.3 Å². The van der Waals surface area contributed by atoms with Crippen molar-refractivity contribution in [3.63, 3.8) is 0 Å². The molecule has 4 heteroatoms. The van der Waals surface area contributed by atoms with E-state index in [1.54, 1.807) is 0 Å². The molecule has 0 bridgehead atoms. The largest absolute Gasteiger partial charge is 0.481 e. The van der Waals surface area contributed by atoms with Crippen LogP contribution >= 0.6 is 0 Å². The molecule has 0 aromatic carbocycles. The maximum atomic E-state index is 11.0. The first-order chi connectivity index (χ1) is 15.0. The SMILES string of the molecule is CCCCCCCCCCC(CC(O)CO)C(=O)O.CCCCCCCCCCCC. The molecule has 31 heavy (non-hydrogen) atoms. The van der Waals surface area contributed by atoms with Crippen LogP contribution in [0.15, 0.2) is 0 Å². The Labute approximate surface area is 194 Å². The van der Waals surface area contributed by atoms with Gasteiger partial charge in [0.25, 0.3) is 0 Å². The second-order valence-corrected chi connectivity index (χ2v) is 9.20. The first kappa shape index (κ1) is 32.6. The van der Waals surface area contributed by atoms with Crippen molar-refractivity contribution in [3.05, 3.63) is 0 Å². The lowest BCUT2D eigenvalue weighted by Gasteiger charge is -2.15. The predicted molar refractivity (Wildman–Crippen MR) is 134 cm³/mol. The van der Waals surface area contributed by atoms with Gasteiger partial charge in [-0.2, -0.15) is 0 Å². The summed E-state index contributed by atoms with van der Waals surface area (Å²) in [5, 5.41) is 27.0. The molecule has 0 spiro atoms. The third-order valence-electron chi connectivity index (χ3n) is 5.98. The fourth-order valence-electron chi connectivity index (χ4n) is 3.83. The van der Waals surface area contributed by atoms with Gasteiger partial charge in [-0.3, -0.25) is 4.79 Å². The van der Waals surface area contributed by atoms with Crippen molar-refractivity contribution in [1.82, 2.24) is 0 Å². The fraction of sp³-hybridized carbons (Fsp3) is 0.963. The number of carboxylic acid groups (broad SMARTS) is 1. The number of unbranched alkanes of at least 4 members (excludes halogenated alkanes) is 16. The third kappa shape index (κ3) is 27.4. The molecule has 0 aromatic rings. The molecule has 0 amide bonds. The Morgan fingerprint density at radius 2 is 0.935 bits per heavy atom. The van der Waals surface area contributed by atoms with Crippen LogP contribution in [0.25, 0.3) is 0 Å². The third-order valence-corrected chi connectivity index (χ3v) is 5.98. The standard InChI is InChI=1S/C15H30O4.C12H26/c1-2-3-4-5-6-7-8-9-10-13(15(18)19)11-14(17)12-16;1-3-5-7-9-11-12-10-8-6-4-2/h13-14,16-17H,2-12H2,1H3,(H,18,19);3-12H2,1-2H3. The summed E-state index contributed by atoms with van der Waals surface area (Å²) in [5.41, 5.74) is 0. The lowest BCUT2D eigenvalue weighted by molar-refractivity contribution is -0.143. The summed E-state index contributed by atoms with van der Waals surface area (Å²) < 4.78 is 0. The molecule has 0 aliphatic heterocycles. The van der Waals surface area contributed by atoms with E-state index in [0.717, 1.165) is 12.8 Å². The van der Waals surface area contributed by atoms with Crippen LogP contribution in [-0.4, -0.2) is 34.0 Å². The van der Waals surface area contributed by atoms with Crippen LogP contribution < -0.4 is 0 Å². The smallest absolute Gasteiger partial charge is 0.306 e. The van der Waals surface area contributed by atoms with Gasteiger partial charge in [0.15, 0.2) is 0 Å². The quantitative estimate of drug-likeness (QED) is 0.148. The van der Waals surface area contributed by atoms with E-state index in [2.05, 4.69) is 20.8 Å². The molecule has 0 heterocycles. The Morgan fingerprint density at radius 3 is 1.23 bits per heavy atom. The van der Waals surface area contributed by atoms with Gasteiger partial charge in [0.05, 0.1) is 18.6 Å². The minimum atomic E-state index is -0.907. The maximum Gasteiger partial charge on any atom is 0.306 e. The number of hydrogen-bond acceptors (Lipinski definition) is 3. The van der Waals surface area contributed by atoms with Gasteiger partial charge in [-0.25, -0.2) is 0 Å². The molecule has 0 saturated carbocycles.